The summed E-state index contributed by atoms with van der Waals surface area (Å²) in [6, 6.07) is 10.7. The van der Waals surface area contributed by atoms with Crippen LogP contribution in [0.25, 0.3) is 10.9 Å². The third kappa shape index (κ3) is 8.43. The first kappa shape index (κ1) is 32.9. The molecule has 10 nitrogen and oxygen atoms in total. The van der Waals surface area contributed by atoms with Gasteiger partial charge in [-0.05, 0) is 61.9 Å². The van der Waals surface area contributed by atoms with E-state index in [2.05, 4.69) is 27.2 Å². The van der Waals surface area contributed by atoms with E-state index >= 15 is 0 Å². The van der Waals surface area contributed by atoms with Crippen molar-refractivity contribution in [1.82, 2.24) is 9.29 Å². The van der Waals surface area contributed by atoms with Gasteiger partial charge in [-0.3, -0.25) is 0 Å². The van der Waals surface area contributed by atoms with Crippen molar-refractivity contribution in [3.63, 3.8) is 0 Å². The van der Waals surface area contributed by atoms with Crippen LogP contribution >= 0.6 is 0 Å². The van der Waals surface area contributed by atoms with Gasteiger partial charge in [0, 0.05) is 42.4 Å². The normalized spacial score (nSPS) is 17.9. The number of benzene rings is 2. The molecule has 0 atom stereocenters. The molecule has 3 N–H and O–H groups in total. The lowest BCUT2D eigenvalue weighted by molar-refractivity contribution is -0.140. The van der Waals surface area contributed by atoms with Crippen LogP contribution in [0.3, 0.4) is 0 Å². The summed E-state index contributed by atoms with van der Waals surface area (Å²) in [6.07, 6.45) is -2.48. The summed E-state index contributed by atoms with van der Waals surface area (Å²) in [5.41, 5.74) is 1.60. The summed E-state index contributed by atoms with van der Waals surface area (Å²) in [6.45, 7) is -0.211. The minimum atomic E-state index is -4.49. The Kier molecular flexibility index (Phi) is 9.88. The third-order valence-corrected chi connectivity index (χ3v) is 11.0. The van der Waals surface area contributed by atoms with Gasteiger partial charge in [0.05, 0.1) is 47.0 Å². The molecule has 0 saturated carbocycles. The molecule has 0 radical (unpaired) electrons. The molecule has 15 heteroatoms. The molecule has 0 amide bonds. The zero-order valence-corrected chi connectivity index (χ0v) is 26.2. The van der Waals surface area contributed by atoms with Crippen molar-refractivity contribution in [2.75, 3.05) is 49.0 Å². The zero-order valence-electron chi connectivity index (χ0n) is 24.6. The number of sulfone groups is 1. The number of alkyl halides is 3. The van der Waals surface area contributed by atoms with Crippen LogP contribution in [0.1, 0.15) is 31.4 Å². The average Bonchev–Trinajstić information content (AvgIpc) is 3.33. The second-order valence-corrected chi connectivity index (χ2v) is 15.1. The van der Waals surface area contributed by atoms with E-state index in [1.165, 1.54) is 19.2 Å². The molecule has 45 heavy (non-hydrogen) atoms. The van der Waals surface area contributed by atoms with Crippen molar-refractivity contribution >= 4 is 42.1 Å². The molecule has 1 aromatic heterocycles. The second-order valence-electron chi connectivity index (χ2n) is 11.1. The molecule has 3 aromatic rings. The van der Waals surface area contributed by atoms with Gasteiger partial charge in [-0.2, -0.15) is 13.2 Å². The molecule has 0 bridgehead atoms. The lowest BCUT2D eigenvalue weighted by atomic mass is 10.1. The van der Waals surface area contributed by atoms with E-state index in [4.69, 9.17) is 9.47 Å². The first-order chi connectivity index (χ1) is 21.3. The molecule has 0 aliphatic carbocycles. The van der Waals surface area contributed by atoms with E-state index in [1.807, 2.05) is 0 Å². The highest BCUT2D eigenvalue weighted by Gasteiger charge is 2.30. The number of fused-ring (bicyclic) bond motifs is 1. The summed E-state index contributed by atoms with van der Waals surface area (Å²) < 4.78 is 105. The van der Waals surface area contributed by atoms with Gasteiger partial charge in [-0.1, -0.05) is 12.0 Å². The Hall–Kier alpha value is -3.45. The van der Waals surface area contributed by atoms with E-state index in [1.54, 1.807) is 30.3 Å². The Morgan fingerprint density at radius 1 is 1.02 bits per heavy atom. The minimum Gasteiger partial charge on any atom is -0.495 e. The molecular formula is C30H35F3N4O6S2. The van der Waals surface area contributed by atoms with Gasteiger partial charge in [-0.15, -0.1) is 0 Å². The van der Waals surface area contributed by atoms with Crippen LogP contribution in [0.4, 0.5) is 24.5 Å². The number of ether oxygens (including phenoxy) is 2. The predicted octanol–water partition coefficient (Wildman–Crippen LogP) is 4.12. The monoisotopic (exact) mass is 668 g/mol. The summed E-state index contributed by atoms with van der Waals surface area (Å²) in [5, 5.41) is 6.92. The van der Waals surface area contributed by atoms with Crippen molar-refractivity contribution in [3.05, 3.63) is 48.2 Å². The molecule has 2 aliphatic heterocycles. The Morgan fingerprint density at radius 3 is 2.44 bits per heavy atom. The molecule has 0 unspecified atom stereocenters. The van der Waals surface area contributed by atoms with Crippen LogP contribution in [0, 0.1) is 11.8 Å². The maximum atomic E-state index is 13.6. The lowest BCUT2D eigenvalue weighted by Crippen LogP contribution is -2.38. The van der Waals surface area contributed by atoms with Crippen molar-refractivity contribution in [2.45, 2.75) is 55.4 Å². The molecular weight excluding hydrogens is 633 g/mol. The fraction of sp³-hybridized carbons (Fsp3) is 0.467. The molecule has 0 spiro atoms. The van der Waals surface area contributed by atoms with Crippen LogP contribution in [-0.4, -0.2) is 78.0 Å². The number of hydrogen-bond acceptors (Lipinski definition) is 8. The molecule has 5 rings (SSSR count). The summed E-state index contributed by atoms with van der Waals surface area (Å²) in [4.78, 5) is 0.0402. The van der Waals surface area contributed by atoms with E-state index in [9.17, 15) is 30.0 Å². The van der Waals surface area contributed by atoms with Gasteiger partial charge in [0.15, 0.2) is 0 Å². The van der Waals surface area contributed by atoms with Crippen molar-refractivity contribution in [3.8, 4) is 17.6 Å². The molecule has 3 heterocycles. The quantitative estimate of drug-likeness (QED) is 0.291. The number of aromatic nitrogens is 1. The third-order valence-electron chi connectivity index (χ3n) is 7.81. The fourth-order valence-electron chi connectivity index (χ4n) is 5.48. The van der Waals surface area contributed by atoms with Gasteiger partial charge < -0.3 is 24.7 Å². The van der Waals surface area contributed by atoms with Crippen LogP contribution in [0.5, 0.6) is 5.75 Å². The van der Waals surface area contributed by atoms with Gasteiger partial charge in [0.2, 0.25) is 10.0 Å². The first-order valence-electron chi connectivity index (χ1n) is 14.5. The van der Waals surface area contributed by atoms with Crippen LogP contribution in [0.15, 0.2) is 47.4 Å². The van der Waals surface area contributed by atoms with Crippen LogP contribution in [0.2, 0.25) is 0 Å². The molecule has 2 saturated heterocycles. The SMILES string of the molecule is COc1cc(S(=O)(=O)NC2CCOCC2)ccc1NCC#Cc1cc2c(NC3CCS(=O)(=O)CC3)cccc2n1CC(F)(F)F. The number of sulfonamides is 1. The number of anilines is 2. The highest BCUT2D eigenvalue weighted by atomic mass is 32.2. The Morgan fingerprint density at radius 2 is 1.76 bits per heavy atom. The Balaban J connectivity index is 1.33. The van der Waals surface area contributed by atoms with E-state index in [-0.39, 0.29) is 46.5 Å². The maximum absolute atomic E-state index is 13.6. The second kappa shape index (κ2) is 13.5. The number of nitrogens with zero attached hydrogens (tertiary/aromatic N) is 1. The average molecular weight is 669 g/mol. The molecule has 2 aliphatic rings. The van der Waals surface area contributed by atoms with Crippen LogP contribution < -0.4 is 20.1 Å². The number of rotatable bonds is 9. The molecule has 2 fully saturated rings. The number of nitrogens with one attached hydrogen (secondary N) is 3. The van der Waals surface area contributed by atoms with Crippen molar-refractivity contribution in [2.24, 2.45) is 0 Å². The lowest BCUT2D eigenvalue weighted by Gasteiger charge is -2.24. The van der Waals surface area contributed by atoms with Gasteiger partial charge in [0.25, 0.3) is 0 Å². The van der Waals surface area contributed by atoms with Gasteiger partial charge >= 0.3 is 6.18 Å². The largest absolute Gasteiger partial charge is 0.495 e. The first-order valence-corrected chi connectivity index (χ1v) is 17.8. The standard InChI is InChI=1S/C30H35F3N4O6S2/c1-42-29-19-24(45(40,41)36-22-9-14-43-15-10-22)7-8-27(29)34-13-3-4-23-18-25-26(35-21-11-16-44(38,39)17-12-21)5-2-6-28(25)37(23)20-30(31,32)33/h2,5-8,18-19,21-22,34-36H,9-17,20H2,1H3. The number of methoxy groups -OCH3 is 1. The van der Waals surface area contributed by atoms with Crippen molar-refractivity contribution in [1.29, 1.82) is 0 Å². The van der Waals surface area contributed by atoms with E-state index in [0.29, 0.717) is 61.2 Å². The minimum absolute atomic E-state index is 0.0397. The van der Waals surface area contributed by atoms with Crippen molar-refractivity contribution < 1.29 is 39.5 Å². The topological polar surface area (TPSA) is 128 Å². The Labute approximate surface area is 260 Å². The predicted molar refractivity (Wildman–Crippen MR) is 166 cm³/mol. The summed E-state index contributed by atoms with van der Waals surface area (Å²) in [7, 11) is -5.44. The molecule has 244 valence electrons. The zero-order chi connectivity index (χ0) is 32.2. The van der Waals surface area contributed by atoms with Gasteiger partial charge in [0.1, 0.15) is 22.1 Å². The number of hydrogen-bond donors (Lipinski definition) is 3. The summed E-state index contributed by atoms with van der Waals surface area (Å²) in [5.74, 6) is 6.10. The number of halogens is 3. The summed E-state index contributed by atoms with van der Waals surface area (Å²) >= 11 is 0. The van der Waals surface area contributed by atoms with Crippen LogP contribution in [-0.2, 0) is 31.1 Å². The van der Waals surface area contributed by atoms with Gasteiger partial charge in [-0.25, -0.2) is 21.6 Å². The smallest absolute Gasteiger partial charge is 0.406 e. The fourth-order valence-corrected chi connectivity index (χ4v) is 8.29. The van der Waals surface area contributed by atoms with E-state index in [0.717, 1.165) is 4.57 Å². The Bertz CT molecular complexity index is 1790. The molecule has 2 aromatic carbocycles. The highest BCUT2D eigenvalue weighted by molar-refractivity contribution is 7.91. The maximum Gasteiger partial charge on any atom is 0.406 e. The highest BCUT2D eigenvalue weighted by Crippen LogP contribution is 2.32. The van der Waals surface area contributed by atoms with E-state index < -0.39 is 32.6 Å².